The number of rotatable bonds is 5. The molecule has 1 rings (SSSR count). The summed E-state index contributed by atoms with van der Waals surface area (Å²) in [6.45, 7) is 19.0. The van der Waals surface area contributed by atoms with Crippen LogP contribution in [0.3, 0.4) is 0 Å². The summed E-state index contributed by atoms with van der Waals surface area (Å²) in [5.74, 6) is 0. The maximum Gasteiger partial charge on any atom is 0.0886 e. The average Bonchev–Trinajstić information content (AvgIpc) is 2.43. The zero-order valence-electron chi connectivity index (χ0n) is 16.1. The lowest BCUT2D eigenvalue weighted by Crippen LogP contribution is -2.50. The molecule has 1 unspecified atom stereocenters. The van der Waals surface area contributed by atoms with Crippen LogP contribution in [0.25, 0.3) is 0 Å². The zero-order valence-corrected chi connectivity index (χ0v) is 19.1. The van der Waals surface area contributed by atoms with Gasteiger partial charge in [0.15, 0.2) is 0 Å². The summed E-state index contributed by atoms with van der Waals surface area (Å²) in [5, 5.41) is 7.32. The van der Waals surface area contributed by atoms with Gasteiger partial charge in [-0.05, 0) is 36.6 Å². The molecule has 1 N–H and O–H groups in total. The monoisotopic (exact) mass is 333 g/mol. The molecule has 1 nitrogen and oxygen atoms in total. The van der Waals surface area contributed by atoms with E-state index in [0.717, 1.165) is 16.7 Å². The fraction of sp³-hybridized carbons (Fsp3) is 0.579. The molecule has 1 aromatic rings. The second-order valence-electron chi connectivity index (χ2n) is 8.21. The van der Waals surface area contributed by atoms with Crippen molar-refractivity contribution >= 4 is 29.2 Å². The molecule has 124 valence electrons. The summed E-state index contributed by atoms with van der Waals surface area (Å²) < 4.78 is 0. The van der Waals surface area contributed by atoms with E-state index >= 15 is 0 Å². The molecule has 0 saturated heterocycles. The first kappa shape index (κ1) is 19.2. The Morgan fingerprint density at radius 2 is 1.73 bits per heavy atom. The van der Waals surface area contributed by atoms with E-state index in [0.29, 0.717) is 11.1 Å². The highest BCUT2D eigenvalue weighted by Crippen LogP contribution is 2.37. The first-order valence-electron chi connectivity index (χ1n) is 8.52. The van der Waals surface area contributed by atoms with Gasteiger partial charge in [-0.25, -0.2) is 0 Å². The molecule has 3 heteroatoms. The third-order valence-corrected chi connectivity index (χ3v) is 11.8. The van der Waals surface area contributed by atoms with Gasteiger partial charge in [0.2, 0.25) is 0 Å². The second kappa shape index (κ2) is 7.18. The third kappa shape index (κ3) is 4.14. The van der Waals surface area contributed by atoms with Crippen LogP contribution in [0.1, 0.15) is 48.0 Å². The van der Waals surface area contributed by atoms with Crippen LogP contribution in [0.15, 0.2) is 35.0 Å². The summed E-state index contributed by atoms with van der Waals surface area (Å²) in [7, 11) is -0.385. The third-order valence-electron chi connectivity index (χ3n) is 5.52. The molecule has 0 spiro atoms. The molecule has 1 atom stereocenters. The van der Waals surface area contributed by atoms with Gasteiger partial charge >= 0.3 is 0 Å². The maximum absolute atomic E-state index is 3.86. The standard InChI is InChI=1S/C19H35NSi2/c1-9-16(14(2)15(3)21)20-17-12-10-11-13-18(17)22(7,8)19(4,5)6/h10-13,16,20H,9H2,1-8,21H3. The van der Waals surface area contributed by atoms with E-state index in [1.807, 2.05) is 0 Å². The molecule has 0 aliphatic carbocycles. The molecular weight excluding hydrogens is 298 g/mol. The van der Waals surface area contributed by atoms with Crippen LogP contribution >= 0.6 is 0 Å². The normalized spacial score (nSPS) is 15.5. The molecule has 0 amide bonds. The van der Waals surface area contributed by atoms with E-state index in [4.69, 9.17) is 0 Å². The van der Waals surface area contributed by atoms with E-state index in [-0.39, 0.29) is 0 Å². The quantitative estimate of drug-likeness (QED) is 0.794. The van der Waals surface area contributed by atoms with Crippen LogP contribution in [0.2, 0.25) is 18.1 Å². The Morgan fingerprint density at radius 1 is 1.18 bits per heavy atom. The van der Waals surface area contributed by atoms with E-state index < -0.39 is 8.07 Å². The van der Waals surface area contributed by atoms with Crippen molar-refractivity contribution in [2.24, 2.45) is 0 Å². The summed E-state index contributed by atoms with van der Waals surface area (Å²) in [6.07, 6.45) is 1.14. The highest BCUT2D eigenvalue weighted by atomic mass is 28.3. The largest absolute Gasteiger partial charge is 0.379 e. The number of nitrogens with one attached hydrogen (secondary N) is 1. The van der Waals surface area contributed by atoms with Crippen LogP contribution in [0, 0.1) is 0 Å². The molecule has 0 aliphatic rings. The van der Waals surface area contributed by atoms with Crippen molar-refractivity contribution in [1.82, 2.24) is 0 Å². The van der Waals surface area contributed by atoms with Crippen LogP contribution in [0.4, 0.5) is 5.69 Å². The van der Waals surface area contributed by atoms with Gasteiger partial charge in [0.1, 0.15) is 0 Å². The smallest absolute Gasteiger partial charge is 0.0886 e. The van der Waals surface area contributed by atoms with E-state index in [9.17, 15) is 0 Å². The van der Waals surface area contributed by atoms with E-state index in [1.165, 1.54) is 11.3 Å². The molecule has 22 heavy (non-hydrogen) atoms. The van der Waals surface area contributed by atoms with Crippen molar-refractivity contribution in [3.63, 3.8) is 0 Å². The van der Waals surface area contributed by atoms with Gasteiger partial charge in [0, 0.05) is 22.0 Å². The molecule has 0 aromatic heterocycles. The summed E-state index contributed by atoms with van der Waals surface area (Å²) >= 11 is 0. The van der Waals surface area contributed by atoms with Crippen molar-refractivity contribution in [1.29, 1.82) is 0 Å². The number of hydrogen-bond acceptors (Lipinski definition) is 1. The average molecular weight is 334 g/mol. The fourth-order valence-corrected chi connectivity index (χ4v) is 5.11. The highest BCUT2D eigenvalue weighted by Gasteiger charge is 2.38. The number of anilines is 1. The predicted octanol–water partition coefficient (Wildman–Crippen LogP) is 4.25. The summed E-state index contributed by atoms with van der Waals surface area (Å²) in [6, 6.07) is 9.44. The first-order chi connectivity index (χ1) is 10.0. The van der Waals surface area contributed by atoms with Crippen molar-refractivity contribution < 1.29 is 0 Å². The molecular formula is C19H35NSi2. The van der Waals surface area contributed by atoms with Crippen molar-refractivity contribution in [3.8, 4) is 0 Å². The minimum Gasteiger partial charge on any atom is -0.379 e. The second-order valence-corrected chi connectivity index (χ2v) is 15.0. The topological polar surface area (TPSA) is 12.0 Å². The molecule has 0 heterocycles. The van der Waals surface area contributed by atoms with E-state index in [1.54, 1.807) is 10.4 Å². The van der Waals surface area contributed by atoms with Crippen LogP contribution in [-0.4, -0.2) is 24.4 Å². The first-order valence-corrected chi connectivity index (χ1v) is 12.5. The Hall–Kier alpha value is -0.806. The minimum absolute atomic E-state index is 0.352. The SMILES string of the molecule is CCC(Nc1ccccc1[Si](C)(C)C(C)(C)C)C(C)=C(C)[SiH3]. The van der Waals surface area contributed by atoms with Crippen molar-refractivity contribution in [2.75, 3.05) is 5.32 Å². The number of benzene rings is 1. The molecule has 0 saturated carbocycles. The Kier molecular flexibility index (Phi) is 6.28. The lowest BCUT2D eigenvalue weighted by atomic mass is 10.1. The minimum atomic E-state index is -1.54. The Balaban J connectivity index is 3.26. The van der Waals surface area contributed by atoms with Gasteiger partial charge in [-0.1, -0.05) is 69.8 Å². The summed E-state index contributed by atoms with van der Waals surface area (Å²) in [5.41, 5.74) is 2.88. The van der Waals surface area contributed by atoms with Crippen molar-refractivity contribution in [2.45, 2.75) is 72.1 Å². The van der Waals surface area contributed by atoms with Gasteiger partial charge in [-0.3, -0.25) is 0 Å². The van der Waals surface area contributed by atoms with E-state index in [2.05, 4.69) is 84.2 Å². The van der Waals surface area contributed by atoms with Gasteiger partial charge in [-0.15, -0.1) is 0 Å². The van der Waals surface area contributed by atoms with Gasteiger partial charge in [0.05, 0.1) is 8.07 Å². The zero-order chi connectivity index (χ0) is 17.1. The lowest BCUT2D eigenvalue weighted by molar-refractivity contribution is 0.729. The van der Waals surface area contributed by atoms with Gasteiger partial charge in [0.25, 0.3) is 0 Å². The van der Waals surface area contributed by atoms with Gasteiger partial charge < -0.3 is 5.32 Å². The molecule has 0 aliphatic heterocycles. The molecule has 0 fully saturated rings. The molecule has 1 aromatic carbocycles. The number of allylic oxidation sites excluding steroid dienone is 1. The molecule has 0 radical (unpaired) electrons. The highest BCUT2D eigenvalue weighted by molar-refractivity contribution is 6.93. The lowest BCUT2D eigenvalue weighted by Gasteiger charge is -2.39. The fourth-order valence-electron chi connectivity index (χ4n) is 2.61. The van der Waals surface area contributed by atoms with Crippen LogP contribution in [-0.2, 0) is 0 Å². The Bertz CT molecular complexity index is 535. The van der Waals surface area contributed by atoms with Crippen LogP contribution < -0.4 is 10.5 Å². The van der Waals surface area contributed by atoms with Crippen LogP contribution in [0.5, 0.6) is 0 Å². The Morgan fingerprint density at radius 3 is 2.18 bits per heavy atom. The number of para-hydroxylation sites is 1. The summed E-state index contributed by atoms with van der Waals surface area (Å²) in [4.78, 5) is 0. The Labute approximate surface area is 142 Å². The predicted molar refractivity (Wildman–Crippen MR) is 109 cm³/mol. The van der Waals surface area contributed by atoms with Crippen molar-refractivity contribution in [3.05, 3.63) is 35.0 Å². The number of hydrogen-bond donors (Lipinski definition) is 1. The molecule has 0 bridgehead atoms. The van der Waals surface area contributed by atoms with Gasteiger partial charge in [-0.2, -0.15) is 0 Å². The maximum atomic E-state index is 3.86.